The third-order valence-electron chi connectivity index (χ3n) is 8.62. The van der Waals surface area contributed by atoms with E-state index in [0.717, 1.165) is 67.9 Å². The largest absolute Gasteiger partial charge is 0.296 e. The molecule has 6 aromatic carbocycles. The summed E-state index contributed by atoms with van der Waals surface area (Å²) >= 11 is 0. The molecule has 0 bridgehead atoms. The van der Waals surface area contributed by atoms with Gasteiger partial charge in [-0.15, -0.1) is 0 Å². The second-order valence-corrected chi connectivity index (χ2v) is 11.8. The average Bonchev–Trinajstić information content (AvgIpc) is 3.57. The molecule has 0 unspecified atom stereocenters. The molecule has 2 aromatic heterocycles. The third-order valence-corrected chi connectivity index (χ3v) is 8.62. The first-order valence-corrected chi connectivity index (χ1v) is 16.3. The number of imidazole rings is 1. The lowest BCUT2D eigenvalue weighted by atomic mass is 10.0. The van der Waals surface area contributed by atoms with Crippen molar-refractivity contribution in [3.8, 4) is 68.2 Å². The van der Waals surface area contributed by atoms with Crippen molar-refractivity contribution in [3.05, 3.63) is 163 Å². The van der Waals surface area contributed by atoms with E-state index in [2.05, 4.69) is 84.3 Å². The number of nitrogens with zero attached hydrogens (tertiary/aromatic N) is 6. The maximum absolute atomic E-state index is 9.45. The summed E-state index contributed by atoms with van der Waals surface area (Å²) in [6, 6.07) is 53.2. The van der Waals surface area contributed by atoms with Gasteiger partial charge in [-0.05, 0) is 70.8 Å². The van der Waals surface area contributed by atoms with Crippen LogP contribution in [0.3, 0.4) is 0 Å². The van der Waals surface area contributed by atoms with Gasteiger partial charge in [-0.1, -0.05) is 110 Å². The highest BCUT2D eigenvalue weighted by atomic mass is 15.1. The van der Waals surface area contributed by atoms with E-state index in [9.17, 15) is 5.26 Å². The number of benzene rings is 6. The van der Waals surface area contributed by atoms with Gasteiger partial charge in [0.25, 0.3) is 0 Å². The van der Waals surface area contributed by atoms with E-state index in [0.29, 0.717) is 23.0 Å². The van der Waals surface area contributed by atoms with Crippen molar-refractivity contribution >= 4 is 11.0 Å². The summed E-state index contributed by atoms with van der Waals surface area (Å²) < 4.78 is 2.25. The van der Waals surface area contributed by atoms with E-state index >= 15 is 0 Å². The lowest BCUT2D eigenvalue weighted by Gasteiger charge is -2.12. The zero-order valence-corrected chi connectivity index (χ0v) is 26.8. The summed E-state index contributed by atoms with van der Waals surface area (Å²) in [6.45, 7) is 2.14. The van der Waals surface area contributed by atoms with Gasteiger partial charge in [0.15, 0.2) is 17.5 Å². The number of aromatic nitrogens is 5. The Morgan fingerprint density at radius 3 is 1.65 bits per heavy atom. The molecule has 0 spiro atoms. The number of rotatable bonds is 7. The standard InChI is InChI=1S/C43H30N6/c1-2-40-45-38-22-6-7-23-39(38)49(40)37-21-11-18-34(27-37)33-17-10-20-36(26-33)43-47-41(30-13-4-3-5-14-30)46-42(48-43)35-19-9-16-32(25-35)31-15-8-12-29(24-31)28-44/h3-27H,2H2,1H3. The van der Waals surface area contributed by atoms with E-state index < -0.39 is 0 Å². The molecular formula is C43H30N6. The van der Waals surface area contributed by atoms with Crippen molar-refractivity contribution < 1.29 is 0 Å². The Labute approximate surface area is 284 Å². The topological polar surface area (TPSA) is 80.3 Å². The minimum absolute atomic E-state index is 0.577. The fraction of sp³-hybridized carbons (Fsp3) is 0.0465. The van der Waals surface area contributed by atoms with Crippen LogP contribution in [0.15, 0.2) is 152 Å². The molecule has 0 aliphatic heterocycles. The Bertz CT molecular complexity index is 2510. The van der Waals surface area contributed by atoms with Gasteiger partial charge in [0.2, 0.25) is 0 Å². The summed E-state index contributed by atoms with van der Waals surface area (Å²) in [4.78, 5) is 19.8. The van der Waals surface area contributed by atoms with Crippen LogP contribution in [0.25, 0.3) is 73.1 Å². The fourth-order valence-electron chi connectivity index (χ4n) is 6.22. The quantitative estimate of drug-likeness (QED) is 0.175. The van der Waals surface area contributed by atoms with Crippen LogP contribution in [0.2, 0.25) is 0 Å². The molecule has 0 amide bonds. The Morgan fingerprint density at radius 2 is 1.00 bits per heavy atom. The van der Waals surface area contributed by atoms with Crippen molar-refractivity contribution in [2.75, 3.05) is 0 Å². The van der Waals surface area contributed by atoms with Gasteiger partial charge < -0.3 is 0 Å². The molecule has 0 aliphatic carbocycles. The van der Waals surface area contributed by atoms with E-state index in [4.69, 9.17) is 19.9 Å². The predicted molar refractivity (Wildman–Crippen MR) is 196 cm³/mol. The van der Waals surface area contributed by atoms with Gasteiger partial charge in [-0.3, -0.25) is 4.57 Å². The molecule has 232 valence electrons. The summed E-state index contributed by atoms with van der Waals surface area (Å²) in [6.07, 6.45) is 0.828. The minimum Gasteiger partial charge on any atom is -0.296 e. The van der Waals surface area contributed by atoms with E-state index in [1.54, 1.807) is 0 Å². The molecule has 6 heteroatoms. The molecule has 6 nitrogen and oxygen atoms in total. The molecule has 0 atom stereocenters. The lowest BCUT2D eigenvalue weighted by Crippen LogP contribution is -2.01. The van der Waals surface area contributed by atoms with E-state index in [-0.39, 0.29) is 0 Å². The highest BCUT2D eigenvalue weighted by Crippen LogP contribution is 2.31. The van der Waals surface area contributed by atoms with Crippen LogP contribution >= 0.6 is 0 Å². The van der Waals surface area contributed by atoms with Crippen molar-refractivity contribution in [1.82, 2.24) is 24.5 Å². The fourth-order valence-corrected chi connectivity index (χ4v) is 6.22. The van der Waals surface area contributed by atoms with Gasteiger partial charge >= 0.3 is 0 Å². The monoisotopic (exact) mass is 630 g/mol. The maximum Gasteiger partial charge on any atom is 0.164 e. The smallest absolute Gasteiger partial charge is 0.164 e. The molecule has 0 saturated heterocycles. The number of fused-ring (bicyclic) bond motifs is 1. The molecule has 2 heterocycles. The first kappa shape index (κ1) is 29.7. The van der Waals surface area contributed by atoms with Crippen molar-refractivity contribution in [2.24, 2.45) is 0 Å². The summed E-state index contributed by atoms with van der Waals surface area (Å²) in [5.41, 5.74) is 10.5. The molecule has 8 aromatic rings. The van der Waals surface area contributed by atoms with Crippen LogP contribution in [-0.2, 0) is 6.42 Å². The van der Waals surface area contributed by atoms with E-state index in [1.165, 1.54) is 0 Å². The highest BCUT2D eigenvalue weighted by Gasteiger charge is 2.15. The summed E-state index contributed by atoms with van der Waals surface area (Å²) in [5.74, 6) is 2.80. The highest BCUT2D eigenvalue weighted by molar-refractivity contribution is 5.80. The molecule has 0 N–H and O–H groups in total. The molecule has 49 heavy (non-hydrogen) atoms. The average molecular weight is 631 g/mol. The van der Waals surface area contributed by atoms with Gasteiger partial charge in [-0.25, -0.2) is 19.9 Å². The van der Waals surface area contributed by atoms with Crippen molar-refractivity contribution in [2.45, 2.75) is 13.3 Å². The van der Waals surface area contributed by atoms with Crippen LogP contribution in [0.1, 0.15) is 18.3 Å². The van der Waals surface area contributed by atoms with Crippen molar-refractivity contribution in [1.29, 1.82) is 5.26 Å². The predicted octanol–water partition coefficient (Wildman–Crippen LogP) is 9.98. The summed E-state index contributed by atoms with van der Waals surface area (Å²) in [5, 5.41) is 9.45. The Morgan fingerprint density at radius 1 is 0.490 bits per heavy atom. The van der Waals surface area contributed by atoms with Crippen LogP contribution < -0.4 is 0 Å². The Hall–Kier alpha value is -6.71. The van der Waals surface area contributed by atoms with Gasteiger partial charge in [0.05, 0.1) is 22.7 Å². The number of aryl methyl sites for hydroxylation is 1. The van der Waals surface area contributed by atoms with Crippen LogP contribution in [0.5, 0.6) is 0 Å². The molecule has 0 saturated carbocycles. The van der Waals surface area contributed by atoms with Gasteiger partial charge in [0, 0.05) is 28.8 Å². The zero-order valence-electron chi connectivity index (χ0n) is 26.8. The molecule has 0 aliphatic rings. The summed E-state index contributed by atoms with van der Waals surface area (Å²) in [7, 11) is 0. The normalized spacial score (nSPS) is 11.0. The molecule has 0 fully saturated rings. The van der Waals surface area contributed by atoms with Crippen LogP contribution in [0.4, 0.5) is 0 Å². The molecule has 0 radical (unpaired) electrons. The van der Waals surface area contributed by atoms with Gasteiger partial charge in [0.1, 0.15) is 5.82 Å². The number of para-hydroxylation sites is 2. The number of hydrogen-bond donors (Lipinski definition) is 0. The van der Waals surface area contributed by atoms with Gasteiger partial charge in [-0.2, -0.15) is 5.26 Å². The van der Waals surface area contributed by atoms with Crippen LogP contribution in [-0.4, -0.2) is 24.5 Å². The van der Waals surface area contributed by atoms with Crippen molar-refractivity contribution in [3.63, 3.8) is 0 Å². The second-order valence-electron chi connectivity index (χ2n) is 11.8. The molecule has 8 rings (SSSR count). The minimum atomic E-state index is 0.577. The third kappa shape index (κ3) is 5.86. The molecular weight excluding hydrogens is 601 g/mol. The zero-order chi connectivity index (χ0) is 33.2. The SMILES string of the molecule is CCc1nc2ccccc2n1-c1cccc(-c2cccc(-c3nc(-c4ccccc4)nc(-c4cccc(-c5cccc(C#N)c5)c4)n3)c2)c1. The van der Waals surface area contributed by atoms with E-state index in [1.807, 2.05) is 84.9 Å². The first-order valence-electron chi connectivity index (χ1n) is 16.3. The number of hydrogen-bond acceptors (Lipinski definition) is 5. The first-order chi connectivity index (χ1) is 24.2. The maximum atomic E-state index is 9.45. The Kier molecular flexibility index (Phi) is 7.77. The Balaban J connectivity index is 1.22. The van der Waals surface area contributed by atoms with Crippen LogP contribution in [0, 0.1) is 11.3 Å². The second kappa shape index (κ2) is 12.8. The number of nitriles is 1. The lowest BCUT2D eigenvalue weighted by molar-refractivity contribution is 0.908.